The van der Waals surface area contributed by atoms with Gasteiger partial charge in [0.05, 0.1) is 18.1 Å². The molecule has 3 aromatic rings. The maximum atomic E-state index is 11.8. The number of nitrogens with one attached hydrogen (secondary N) is 3. The van der Waals surface area contributed by atoms with E-state index in [9.17, 15) is 9.59 Å². The molecule has 0 radical (unpaired) electrons. The van der Waals surface area contributed by atoms with Gasteiger partial charge in [-0.25, -0.2) is 14.6 Å². The predicted octanol–water partition coefficient (Wildman–Crippen LogP) is 6.69. The number of methoxy groups -OCH3 is 1. The first-order chi connectivity index (χ1) is 17.0. The van der Waals surface area contributed by atoms with Crippen molar-refractivity contribution >= 4 is 41.2 Å². The van der Waals surface area contributed by atoms with Crippen LogP contribution < -0.4 is 15.4 Å². The number of thiazole rings is 1. The molecule has 0 saturated heterocycles. The zero-order valence-corrected chi connectivity index (χ0v) is 22.9. The molecule has 0 saturated carbocycles. The molecule has 0 spiro atoms. The molecule has 10 heteroatoms. The van der Waals surface area contributed by atoms with Crippen LogP contribution >= 0.6 is 23.3 Å². The Labute approximate surface area is 220 Å². The quantitative estimate of drug-likeness (QED) is 0.280. The largest absolute Gasteiger partial charge is 0.453 e. The van der Waals surface area contributed by atoms with Gasteiger partial charge in [0.1, 0.15) is 5.01 Å². The Morgan fingerprint density at radius 3 is 2.44 bits per heavy atom. The number of rotatable bonds is 8. The Hall–Kier alpha value is -3.08. The number of ether oxygens (including phenoxy) is 2. The van der Waals surface area contributed by atoms with E-state index in [1.54, 1.807) is 37.1 Å². The third kappa shape index (κ3) is 8.25. The van der Waals surface area contributed by atoms with Crippen LogP contribution in [0.25, 0.3) is 21.0 Å². The fraction of sp³-hybridized carbons (Fsp3) is 0.346. The van der Waals surface area contributed by atoms with E-state index in [-0.39, 0.29) is 11.6 Å². The highest BCUT2D eigenvalue weighted by Gasteiger charge is 2.16. The van der Waals surface area contributed by atoms with Crippen molar-refractivity contribution in [1.29, 1.82) is 0 Å². The minimum Gasteiger partial charge on any atom is -0.453 e. The van der Waals surface area contributed by atoms with Gasteiger partial charge in [-0.05, 0) is 82.5 Å². The molecule has 0 aliphatic heterocycles. The summed E-state index contributed by atoms with van der Waals surface area (Å²) in [6.07, 6.45) is 0.743. The molecule has 8 nitrogen and oxygen atoms in total. The number of benzene rings is 2. The minimum atomic E-state index is -0.478. The fourth-order valence-electron chi connectivity index (χ4n) is 3.01. The maximum absolute atomic E-state index is 11.8. The minimum absolute atomic E-state index is 0.0849. The second kappa shape index (κ2) is 12.2. The number of carbonyl (C=O) groups is 2. The molecule has 3 rings (SSSR count). The van der Waals surface area contributed by atoms with Crippen LogP contribution in [0.3, 0.4) is 0 Å². The number of anilines is 1. The lowest BCUT2D eigenvalue weighted by Gasteiger charge is -2.21. The van der Waals surface area contributed by atoms with Gasteiger partial charge in [0, 0.05) is 40.0 Å². The van der Waals surface area contributed by atoms with Crippen molar-refractivity contribution in [1.82, 2.24) is 15.0 Å². The zero-order valence-electron chi connectivity index (χ0n) is 21.3. The van der Waals surface area contributed by atoms with E-state index >= 15 is 0 Å². The number of hydrogen-bond acceptors (Lipinski definition) is 8. The Kier molecular flexibility index (Phi) is 9.36. The summed E-state index contributed by atoms with van der Waals surface area (Å²) < 4.78 is 13.3. The van der Waals surface area contributed by atoms with Crippen molar-refractivity contribution < 1.29 is 19.1 Å². The molecule has 36 heavy (non-hydrogen) atoms. The van der Waals surface area contributed by atoms with E-state index < -0.39 is 12.2 Å². The van der Waals surface area contributed by atoms with Crippen LogP contribution in [0.1, 0.15) is 40.2 Å². The van der Waals surface area contributed by atoms with Crippen molar-refractivity contribution in [3.05, 3.63) is 54.2 Å². The van der Waals surface area contributed by atoms with Crippen LogP contribution in [-0.4, -0.2) is 35.9 Å². The monoisotopic (exact) mass is 528 g/mol. The van der Waals surface area contributed by atoms with Gasteiger partial charge in [0.25, 0.3) is 0 Å². The van der Waals surface area contributed by atoms with E-state index in [0.717, 1.165) is 31.5 Å². The number of aromatic nitrogens is 1. The highest BCUT2D eigenvalue weighted by Crippen LogP contribution is 2.38. The number of hydrogen-bond donors (Lipinski definition) is 3. The van der Waals surface area contributed by atoms with Gasteiger partial charge in [0.15, 0.2) is 0 Å². The Balaban J connectivity index is 1.81. The van der Waals surface area contributed by atoms with Crippen molar-refractivity contribution in [2.45, 2.75) is 57.7 Å². The first-order valence-electron chi connectivity index (χ1n) is 11.5. The summed E-state index contributed by atoms with van der Waals surface area (Å²) in [5, 5.41) is 6.32. The molecule has 0 aliphatic rings. The van der Waals surface area contributed by atoms with Crippen LogP contribution in [0.4, 0.5) is 15.3 Å². The third-order valence-corrected chi connectivity index (χ3v) is 6.98. The predicted molar refractivity (Wildman–Crippen MR) is 146 cm³/mol. The summed E-state index contributed by atoms with van der Waals surface area (Å²) in [4.78, 5) is 30.0. The van der Waals surface area contributed by atoms with Gasteiger partial charge in [-0.3, -0.25) is 10.0 Å². The molecule has 0 bridgehead atoms. The van der Waals surface area contributed by atoms with Gasteiger partial charge in [-0.2, -0.15) is 0 Å². The number of amides is 2. The van der Waals surface area contributed by atoms with E-state index in [0.29, 0.717) is 12.2 Å². The van der Waals surface area contributed by atoms with Gasteiger partial charge in [-0.1, -0.05) is 12.1 Å². The van der Waals surface area contributed by atoms with E-state index in [2.05, 4.69) is 51.9 Å². The average Bonchev–Trinajstić information content (AvgIpc) is 3.30. The van der Waals surface area contributed by atoms with Crippen molar-refractivity contribution in [3.63, 3.8) is 0 Å². The third-order valence-electron chi connectivity index (χ3n) is 4.63. The summed E-state index contributed by atoms with van der Waals surface area (Å²) in [5.74, 6) is 0. The molecular weight excluding hydrogens is 496 g/mol. The number of nitrogens with zero attached hydrogens (tertiary/aromatic N) is 1. The highest BCUT2D eigenvalue weighted by atomic mass is 32.2. The lowest BCUT2D eigenvalue weighted by molar-refractivity contribution is 0.130. The molecule has 1 aromatic heterocycles. The Bertz CT molecular complexity index is 1190. The molecule has 0 atom stereocenters. The van der Waals surface area contributed by atoms with Crippen LogP contribution in [0.15, 0.2) is 53.6 Å². The lowest BCUT2D eigenvalue weighted by atomic mass is 10.1. The molecule has 192 valence electrons. The normalized spacial score (nSPS) is 11.3. The Morgan fingerprint density at radius 2 is 1.81 bits per heavy atom. The van der Waals surface area contributed by atoms with Gasteiger partial charge in [-0.15, -0.1) is 11.3 Å². The van der Waals surface area contributed by atoms with E-state index in [1.165, 1.54) is 7.11 Å². The second-order valence-electron chi connectivity index (χ2n) is 9.32. The molecule has 2 amide bonds. The summed E-state index contributed by atoms with van der Waals surface area (Å²) in [7, 11) is 1.35. The van der Waals surface area contributed by atoms with Crippen LogP contribution in [0, 0.1) is 0 Å². The van der Waals surface area contributed by atoms with Gasteiger partial charge >= 0.3 is 12.2 Å². The van der Waals surface area contributed by atoms with Crippen LogP contribution in [-0.2, 0) is 16.0 Å². The van der Waals surface area contributed by atoms with Crippen LogP contribution in [0.2, 0.25) is 0 Å². The van der Waals surface area contributed by atoms with E-state index in [4.69, 9.17) is 4.74 Å². The summed E-state index contributed by atoms with van der Waals surface area (Å²) in [6, 6.07) is 13.6. The smallest absolute Gasteiger partial charge is 0.411 e. The first-order valence-corrected chi connectivity index (χ1v) is 13.1. The van der Waals surface area contributed by atoms with Crippen molar-refractivity contribution in [2.75, 3.05) is 12.4 Å². The zero-order chi connectivity index (χ0) is 26.3. The first kappa shape index (κ1) is 27.5. The number of alkyl carbamates (subject to hydrolysis) is 1. The SMILES string of the molecule is COC(=O)NCc1ccc(-c2cnc(-c3ccc(NC(=O)OC(C)C)cc3)s2)c(SNC(C)(C)C)c1. The summed E-state index contributed by atoms with van der Waals surface area (Å²) >= 11 is 3.14. The maximum Gasteiger partial charge on any atom is 0.411 e. The van der Waals surface area contributed by atoms with Crippen molar-refractivity contribution in [2.24, 2.45) is 0 Å². The van der Waals surface area contributed by atoms with E-state index in [1.807, 2.05) is 42.6 Å². The fourth-order valence-corrected chi connectivity index (χ4v) is 4.95. The molecule has 0 fully saturated rings. The molecule has 2 aromatic carbocycles. The lowest BCUT2D eigenvalue weighted by Crippen LogP contribution is -2.29. The molecule has 0 aliphatic carbocycles. The average molecular weight is 529 g/mol. The molecular formula is C26H32N4O4S2. The highest BCUT2D eigenvalue weighted by molar-refractivity contribution is 7.97. The summed E-state index contributed by atoms with van der Waals surface area (Å²) in [6.45, 7) is 10.3. The van der Waals surface area contributed by atoms with Crippen LogP contribution in [0.5, 0.6) is 0 Å². The van der Waals surface area contributed by atoms with Gasteiger partial charge in [0.2, 0.25) is 0 Å². The summed E-state index contributed by atoms with van der Waals surface area (Å²) in [5.41, 5.74) is 3.54. The molecule has 3 N–H and O–H groups in total. The standard InChI is InChI=1S/C26H32N4O4S2/c1-16(2)34-25(32)29-19-10-8-18(9-11-19)23-27-15-22(35-23)20-12-7-17(14-28-24(31)33-6)13-21(20)36-30-26(3,4)5/h7-13,15-16,30H,14H2,1-6H3,(H,28,31)(H,29,32). The molecule has 1 heterocycles. The van der Waals surface area contributed by atoms with Gasteiger partial charge < -0.3 is 14.8 Å². The van der Waals surface area contributed by atoms with Crippen molar-refractivity contribution in [3.8, 4) is 21.0 Å². The Morgan fingerprint density at radius 1 is 1.08 bits per heavy atom. The number of carbonyl (C=O) groups excluding carboxylic acids is 2. The molecule has 0 unspecified atom stereocenters. The second-order valence-corrected chi connectivity index (χ2v) is 11.2. The topological polar surface area (TPSA) is 102 Å².